The molecule has 20 heavy (non-hydrogen) atoms. The Morgan fingerprint density at radius 3 is 2.50 bits per heavy atom. The summed E-state index contributed by atoms with van der Waals surface area (Å²) in [7, 11) is 0. The summed E-state index contributed by atoms with van der Waals surface area (Å²) in [5.74, 6) is 0.285. The Kier molecular flexibility index (Phi) is 4.40. The Balaban J connectivity index is 2.19. The highest BCUT2D eigenvalue weighted by atomic mass is 35.5. The Morgan fingerprint density at radius 1 is 1.15 bits per heavy atom. The molecule has 0 bridgehead atoms. The van der Waals surface area contributed by atoms with Gasteiger partial charge in [-0.25, -0.2) is 4.98 Å². The minimum Gasteiger partial charge on any atom is -0.365 e. The molecule has 0 radical (unpaired) electrons. The van der Waals surface area contributed by atoms with Crippen LogP contribution in [0.5, 0.6) is 0 Å². The van der Waals surface area contributed by atoms with Crippen LogP contribution >= 0.6 is 23.2 Å². The van der Waals surface area contributed by atoms with Crippen LogP contribution in [0, 0.1) is 0 Å². The van der Waals surface area contributed by atoms with Gasteiger partial charge in [-0.15, -0.1) is 0 Å². The lowest BCUT2D eigenvalue weighted by atomic mass is 10.1. The second-order valence-electron chi connectivity index (χ2n) is 3.99. The van der Waals surface area contributed by atoms with Crippen molar-refractivity contribution in [2.45, 2.75) is 12.7 Å². The van der Waals surface area contributed by atoms with E-state index in [1.807, 2.05) is 0 Å². The van der Waals surface area contributed by atoms with Crippen molar-refractivity contribution < 1.29 is 13.2 Å². The van der Waals surface area contributed by atoms with E-state index in [1.54, 1.807) is 6.07 Å². The van der Waals surface area contributed by atoms with Crippen LogP contribution < -0.4 is 5.32 Å². The SMILES string of the molecule is FC(F)(F)c1ccccc1CNc1ncc(Cl)cc1Cl. The molecular formula is C13H9Cl2F3N2. The Labute approximate surface area is 123 Å². The number of anilines is 1. The van der Waals surface area contributed by atoms with Crippen LogP contribution in [0.1, 0.15) is 11.1 Å². The van der Waals surface area contributed by atoms with Crippen molar-refractivity contribution in [3.63, 3.8) is 0 Å². The molecule has 0 unspecified atom stereocenters. The van der Waals surface area contributed by atoms with Gasteiger partial charge in [0, 0.05) is 12.7 Å². The molecule has 1 heterocycles. The van der Waals surface area contributed by atoms with Crippen molar-refractivity contribution in [1.29, 1.82) is 0 Å². The van der Waals surface area contributed by atoms with E-state index in [0.29, 0.717) is 5.02 Å². The predicted octanol–water partition coefficient (Wildman–Crippen LogP) is 5.02. The van der Waals surface area contributed by atoms with E-state index in [0.717, 1.165) is 6.07 Å². The summed E-state index contributed by atoms with van der Waals surface area (Å²) in [5, 5.41) is 3.38. The second-order valence-corrected chi connectivity index (χ2v) is 4.84. The number of hydrogen-bond donors (Lipinski definition) is 1. The zero-order valence-electron chi connectivity index (χ0n) is 10.0. The van der Waals surface area contributed by atoms with Crippen molar-refractivity contribution in [2.75, 3.05) is 5.32 Å². The third kappa shape index (κ3) is 3.55. The van der Waals surface area contributed by atoms with Gasteiger partial charge < -0.3 is 5.32 Å². The Hall–Kier alpha value is -1.46. The number of benzene rings is 1. The molecule has 7 heteroatoms. The molecule has 0 aliphatic carbocycles. The smallest absolute Gasteiger partial charge is 0.365 e. The van der Waals surface area contributed by atoms with Crippen molar-refractivity contribution in [3.05, 3.63) is 57.7 Å². The van der Waals surface area contributed by atoms with Gasteiger partial charge in [0.05, 0.1) is 15.6 Å². The van der Waals surface area contributed by atoms with Gasteiger partial charge in [0.2, 0.25) is 0 Å². The van der Waals surface area contributed by atoms with Crippen LogP contribution in [0.4, 0.5) is 19.0 Å². The van der Waals surface area contributed by atoms with E-state index >= 15 is 0 Å². The van der Waals surface area contributed by atoms with Crippen LogP contribution in [0.3, 0.4) is 0 Å². The zero-order chi connectivity index (χ0) is 14.8. The molecule has 0 saturated carbocycles. The molecule has 0 amide bonds. The third-order valence-electron chi connectivity index (χ3n) is 2.58. The fourth-order valence-corrected chi connectivity index (χ4v) is 2.12. The van der Waals surface area contributed by atoms with Gasteiger partial charge in [0.25, 0.3) is 0 Å². The first kappa shape index (κ1) is 14.9. The van der Waals surface area contributed by atoms with Gasteiger partial charge in [-0.05, 0) is 17.7 Å². The molecule has 2 rings (SSSR count). The summed E-state index contributed by atoms with van der Waals surface area (Å²) < 4.78 is 38.5. The van der Waals surface area contributed by atoms with Gasteiger partial charge in [0.15, 0.2) is 0 Å². The summed E-state index contributed by atoms with van der Waals surface area (Å²) in [6.45, 7) is -0.0377. The van der Waals surface area contributed by atoms with Crippen LogP contribution in [0.15, 0.2) is 36.5 Å². The minimum absolute atomic E-state index is 0.0377. The molecule has 0 aliphatic rings. The average Bonchev–Trinajstić information content (AvgIpc) is 2.37. The first-order valence-corrected chi connectivity index (χ1v) is 6.33. The van der Waals surface area contributed by atoms with Crippen molar-refractivity contribution in [3.8, 4) is 0 Å². The maximum atomic E-state index is 12.8. The lowest BCUT2D eigenvalue weighted by Crippen LogP contribution is -2.12. The summed E-state index contributed by atoms with van der Waals surface area (Å²) >= 11 is 11.6. The monoisotopic (exact) mass is 320 g/mol. The second kappa shape index (κ2) is 5.89. The molecule has 0 spiro atoms. The van der Waals surface area contributed by atoms with Crippen LogP contribution in [0.25, 0.3) is 0 Å². The predicted molar refractivity (Wildman–Crippen MR) is 73.0 cm³/mol. The topological polar surface area (TPSA) is 24.9 Å². The number of halogens is 5. The molecule has 0 aliphatic heterocycles. The summed E-state index contributed by atoms with van der Waals surface area (Å²) in [6.07, 6.45) is -3.03. The number of pyridine rings is 1. The minimum atomic E-state index is -4.39. The van der Waals surface area contributed by atoms with Gasteiger partial charge in [-0.1, -0.05) is 41.4 Å². The number of nitrogens with one attached hydrogen (secondary N) is 1. The Bertz CT molecular complexity index is 615. The van der Waals surface area contributed by atoms with Crippen LogP contribution in [-0.2, 0) is 12.7 Å². The van der Waals surface area contributed by atoms with Gasteiger partial charge in [-0.3, -0.25) is 0 Å². The zero-order valence-corrected chi connectivity index (χ0v) is 11.5. The number of alkyl halides is 3. The molecule has 2 nitrogen and oxygen atoms in total. The van der Waals surface area contributed by atoms with E-state index in [4.69, 9.17) is 23.2 Å². The lowest BCUT2D eigenvalue weighted by Gasteiger charge is -2.14. The van der Waals surface area contributed by atoms with Crippen LogP contribution in [-0.4, -0.2) is 4.98 Å². The fourth-order valence-electron chi connectivity index (χ4n) is 1.67. The maximum Gasteiger partial charge on any atom is 0.416 e. The van der Waals surface area contributed by atoms with E-state index in [-0.39, 0.29) is 22.9 Å². The highest BCUT2D eigenvalue weighted by Crippen LogP contribution is 2.32. The third-order valence-corrected chi connectivity index (χ3v) is 3.07. The van der Waals surface area contributed by atoms with Gasteiger partial charge >= 0.3 is 6.18 Å². The molecule has 0 saturated heterocycles. The largest absolute Gasteiger partial charge is 0.416 e. The van der Waals surface area contributed by atoms with E-state index < -0.39 is 11.7 Å². The van der Waals surface area contributed by atoms with Crippen molar-refractivity contribution in [1.82, 2.24) is 4.98 Å². The first-order valence-electron chi connectivity index (χ1n) is 5.58. The van der Waals surface area contributed by atoms with Crippen LogP contribution in [0.2, 0.25) is 10.0 Å². The van der Waals surface area contributed by atoms with E-state index in [2.05, 4.69) is 10.3 Å². The number of rotatable bonds is 3. The summed E-state index contributed by atoms with van der Waals surface area (Å²) in [4.78, 5) is 3.93. The highest BCUT2D eigenvalue weighted by molar-refractivity contribution is 6.35. The van der Waals surface area contributed by atoms with E-state index in [1.165, 1.54) is 24.4 Å². The normalized spacial score (nSPS) is 11.4. The number of hydrogen-bond acceptors (Lipinski definition) is 2. The molecule has 1 aromatic heterocycles. The highest BCUT2D eigenvalue weighted by Gasteiger charge is 2.32. The fraction of sp³-hybridized carbons (Fsp3) is 0.154. The molecule has 0 atom stereocenters. The average molecular weight is 321 g/mol. The first-order chi connectivity index (χ1) is 9.38. The molecular weight excluding hydrogens is 312 g/mol. The molecule has 2 aromatic rings. The molecule has 1 aromatic carbocycles. The van der Waals surface area contributed by atoms with Crippen molar-refractivity contribution in [2.24, 2.45) is 0 Å². The summed E-state index contributed by atoms with van der Waals surface area (Å²) in [5.41, 5.74) is -0.564. The summed E-state index contributed by atoms with van der Waals surface area (Å²) in [6, 6.07) is 6.80. The number of aromatic nitrogens is 1. The Morgan fingerprint density at radius 2 is 1.85 bits per heavy atom. The quantitative estimate of drug-likeness (QED) is 0.859. The standard InChI is InChI=1S/C13H9Cl2F3N2/c14-9-5-11(15)12(20-7-9)19-6-8-3-1-2-4-10(8)13(16,17)18/h1-5,7H,6H2,(H,19,20). The lowest BCUT2D eigenvalue weighted by molar-refractivity contribution is -0.138. The molecule has 0 fully saturated rings. The van der Waals surface area contributed by atoms with Gasteiger partial charge in [0.1, 0.15) is 5.82 Å². The van der Waals surface area contributed by atoms with E-state index in [9.17, 15) is 13.2 Å². The molecule has 1 N–H and O–H groups in total. The number of nitrogens with zero attached hydrogens (tertiary/aromatic N) is 1. The van der Waals surface area contributed by atoms with Crippen molar-refractivity contribution >= 4 is 29.0 Å². The maximum absolute atomic E-state index is 12.8. The molecule has 106 valence electrons. The van der Waals surface area contributed by atoms with Gasteiger partial charge in [-0.2, -0.15) is 13.2 Å².